The zero-order valence-corrected chi connectivity index (χ0v) is 14.1. The lowest BCUT2D eigenvalue weighted by Crippen LogP contribution is -1.90. The summed E-state index contributed by atoms with van der Waals surface area (Å²) in [5.41, 5.74) is 4.91. The summed E-state index contributed by atoms with van der Waals surface area (Å²) >= 11 is 1.58. The van der Waals surface area contributed by atoms with Crippen LogP contribution in [0.25, 0.3) is 10.2 Å². The Hall–Kier alpha value is -3.18. The van der Waals surface area contributed by atoms with Gasteiger partial charge in [0, 0.05) is 0 Å². The molecule has 3 aromatic carbocycles. The van der Waals surface area contributed by atoms with Crippen LogP contribution in [0.1, 0.15) is 5.56 Å². The molecule has 1 aromatic heterocycles. The van der Waals surface area contributed by atoms with E-state index in [4.69, 9.17) is 4.74 Å². The molecule has 0 amide bonds. The van der Waals surface area contributed by atoms with Gasteiger partial charge in [0.25, 0.3) is 0 Å². The third kappa shape index (κ3) is 3.84. The molecule has 1 heterocycles. The third-order valence-electron chi connectivity index (χ3n) is 3.50. The number of hydrazone groups is 1. The molecule has 25 heavy (non-hydrogen) atoms. The number of hydrogen-bond acceptors (Lipinski definition) is 5. The van der Waals surface area contributed by atoms with Crippen molar-refractivity contribution < 1.29 is 4.74 Å². The molecule has 0 spiro atoms. The summed E-state index contributed by atoms with van der Waals surface area (Å²) in [6.07, 6.45) is 1.75. The van der Waals surface area contributed by atoms with Crippen molar-refractivity contribution in [1.82, 2.24) is 4.98 Å². The predicted molar refractivity (Wildman–Crippen MR) is 104 cm³/mol. The Morgan fingerprint density at radius 1 is 0.880 bits per heavy atom. The van der Waals surface area contributed by atoms with Crippen LogP contribution in [0.4, 0.5) is 5.13 Å². The van der Waals surface area contributed by atoms with Gasteiger partial charge in [-0.15, -0.1) is 0 Å². The van der Waals surface area contributed by atoms with Crippen LogP contribution in [0.15, 0.2) is 84.0 Å². The van der Waals surface area contributed by atoms with Crippen LogP contribution in [0.5, 0.6) is 11.5 Å². The lowest BCUT2D eigenvalue weighted by atomic mass is 10.2. The monoisotopic (exact) mass is 345 g/mol. The number of rotatable bonds is 5. The molecule has 0 aliphatic heterocycles. The highest BCUT2D eigenvalue weighted by Crippen LogP contribution is 2.25. The van der Waals surface area contributed by atoms with Crippen LogP contribution in [-0.2, 0) is 0 Å². The first-order chi connectivity index (χ1) is 12.4. The van der Waals surface area contributed by atoms with E-state index in [1.165, 1.54) is 0 Å². The van der Waals surface area contributed by atoms with Crippen LogP contribution >= 0.6 is 11.3 Å². The van der Waals surface area contributed by atoms with E-state index >= 15 is 0 Å². The molecule has 0 radical (unpaired) electrons. The molecule has 122 valence electrons. The highest BCUT2D eigenvalue weighted by Gasteiger charge is 2.01. The van der Waals surface area contributed by atoms with Crippen LogP contribution in [0, 0.1) is 0 Å². The van der Waals surface area contributed by atoms with E-state index in [-0.39, 0.29) is 0 Å². The zero-order valence-electron chi connectivity index (χ0n) is 13.3. The fourth-order valence-corrected chi connectivity index (χ4v) is 3.18. The summed E-state index contributed by atoms with van der Waals surface area (Å²) in [6, 6.07) is 25.5. The average molecular weight is 345 g/mol. The molecule has 4 nitrogen and oxygen atoms in total. The number of aromatic nitrogens is 1. The summed E-state index contributed by atoms with van der Waals surface area (Å²) in [7, 11) is 0. The van der Waals surface area contributed by atoms with E-state index in [1.807, 2.05) is 78.9 Å². The maximum absolute atomic E-state index is 5.83. The Labute approximate surface area is 149 Å². The average Bonchev–Trinajstić information content (AvgIpc) is 3.06. The van der Waals surface area contributed by atoms with Crippen molar-refractivity contribution in [3.63, 3.8) is 0 Å². The zero-order chi connectivity index (χ0) is 16.9. The molecule has 4 rings (SSSR count). The van der Waals surface area contributed by atoms with Crippen LogP contribution in [0.3, 0.4) is 0 Å². The van der Waals surface area contributed by atoms with Crippen molar-refractivity contribution >= 4 is 32.9 Å². The SMILES string of the molecule is C(=NNc1nc2ccccc2s1)c1cccc(Oc2ccccc2)c1. The number of anilines is 1. The van der Waals surface area contributed by atoms with Gasteiger partial charge in [0.15, 0.2) is 0 Å². The van der Waals surface area contributed by atoms with Crippen molar-refractivity contribution in [3.05, 3.63) is 84.4 Å². The Morgan fingerprint density at radius 3 is 2.56 bits per heavy atom. The highest BCUT2D eigenvalue weighted by molar-refractivity contribution is 7.22. The highest BCUT2D eigenvalue weighted by atomic mass is 32.1. The number of thiazole rings is 1. The fraction of sp³-hybridized carbons (Fsp3) is 0. The largest absolute Gasteiger partial charge is 0.457 e. The van der Waals surface area contributed by atoms with E-state index in [0.29, 0.717) is 0 Å². The molecule has 0 saturated heterocycles. The van der Waals surface area contributed by atoms with E-state index in [1.54, 1.807) is 17.6 Å². The van der Waals surface area contributed by atoms with Gasteiger partial charge in [-0.2, -0.15) is 5.10 Å². The molecule has 0 aliphatic rings. The summed E-state index contributed by atoms with van der Waals surface area (Å²) in [4.78, 5) is 4.49. The van der Waals surface area contributed by atoms with Gasteiger partial charge in [-0.05, 0) is 42.0 Å². The van der Waals surface area contributed by atoms with E-state index in [0.717, 1.165) is 32.4 Å². The van der Waals surface area contributed by atoms with Gasteiger partial charge in [0.1, 0.15) is 11.5 Å². The minimum absolute atomic E-state index is 0.772. The second-order valence-electron chi connectivity index (χ2n) is 5.34. The predicted octanol–water partition coefficient (Wildman–Crippen LogP) is 5.53. The number of fused-ring (bicyclic) bond motifs is 1. The molecule has 5 heteroatoms. The van der Waals surface area contributed by atoms with Crippen LogP contribution < -0.4 is 10.2 Å². The normalized spacial score (nSPS) is 11.0. The molecule has 0 aliphatic carbocycles. The minimum atomic E-state index is 0.772. The summed E-state index contributed by atoms with van der Waals surface area (Å²) in [5.74, 6) is 1.58. The first-order valence-corrected chi connectivity index (χ1v) is 8.66. The second-order valence-corrected chi connectivity index (χ2v) is 6.37. The smallest absolute Gasteiger partial charge is 0.204 e. The number of para-hydroxylation sites is 2. The maximum atomic E-state index is 5.83. The molecule has 0 unspecified atom stereocenters. The number of hydrogen-bond donors (Lipinski definition) is 1. The number of nitrogens with one attached hydrogen (secondary N) is 1. The van der Waals surface area contributed by atoms with Crippen LogP contribution in [0.2, 0.25) is 0 Å². The molecule has 4 aromatic rings. The van der Waals surface area contributed by atoms with Gasteiger partial charge in [-0.3, -0.25) is 5.43 Å². The summed E-state index contributed by atoms with van der Waals surface area (Å²) < 4.78 is 6.97. The quantitative estimate of drug-likeness (QED) is 0.382. The summed E-state index contributed by atoms with van der Waals surface area (Å²) in [5, 5.41) is 5.04. The fourth-order valence-electron chi connectivity index (χ4n) is 2.37. The second kappa shape index (κ2) is 7.15. The lowest BCUT2D eigenvalue weighted by molar-refractivity contribution is 0.482. The van der Waals surface area contributed by atoms with Crippen molar-refractivity contribution in [3.8, 4) is 11.5 Å². The Balaban J connectivity index is 1.45. The number of nitrogens with zero attached hydrogens (tertiary/aromatic N) is 2. The third-order valence-corrected chi connectivity index (χ3v) is 4.45. The van der Waals surface area contributed by atoms with Gasteiger partial charge in [-0.1, -0.05) is 53.8 Å². The molecule has 0 bridgehead atoms. The van der Waals surface area contributed by atoms with Crippen molar-refractivity contribution in [2.45, 2.75) is 0 Å². The molecule has 0 fully saturated rings. The topological polar surface area (TPSA) is 46.5 Å². The Bertz CT molecular complexity index is 979. The van der Waals surface area contributed by atoms with Gasteiger partial charge < -0.3 is 4.74 Å². The van der Waals surface area contributed by atoms with E-state index in [9.17, 15) is 0 Å². The maximum Gasteiger partial charge on any atom is 0.204 e. The molecular weight excluding hydrogens is 330 g/mol. The first-order valence-electron chi connectivity index (χ1n) is 7.84. The number of ether oxygens (including phenoxy) is 1. The van der Waals surface area contributed by atoms with Crippen molar-refractivity contribution in [2.75, 3.05) is 5.43 Å². The molecular formula is C20H15N3OS. The van der Waals surface area contributed by atoms with E-state index < -0.39 is 0 Å². The standard InChI is InChI=1S/C20H15N3OS/c1-2-8-16(9-3-1)24-17-10-6-7-15(13-17)14-21-23-20-22-18-11-4-5-12-19(18)25-20/h1-14H,(H,22,23). The van der Waals surface area contributed by atoms with Crippen molar-refractivity contribution in [1.29, 1.82) is 0 Å². The Kier molecular flexibility index (Phi) is 4.39. The van der Waals surface area contributed by atoms with Crippen LogP contribution in [-0.4, -0.2) is 11.2 Å². The Morgan fingerprint density at radius 2 is 1.68 bits per heavy atom. The summed E-state index contributed by atoms with van der Waals surface area (Å²) in [6.45, 7) is 0. The molecule has 1 N–H and O–H groups in total. The van der Waals surface area contributed by atoms with E-state index in [2.05, 4.69) is 15.5 Å². The number of benzene rings is 3. The van der Waals surface area contributed by atoms with Gasteiger partial charge in [0.2, 0.25) is 5.13 Å². The minimum Gasteiger partial charge on any atom is -0.457 e. The molecule has 0 saturated carbocycles. The molecule has 0 atom stereocenters. The lowest BCUT2D eigenvalue weighted by Gasteiger charge is -2.05. The van der Waals surface area contributed by atoms with Gasteiger partial charge in [0.05, 0.1) is 16.4 Å². The van der Waals surface area contributed by atoms with Gasteiger partial charge >= 0.3 is 0 Å². The van der Waals surface area contributed by atoms with Gasteiger partial charge in [-0.25, -0.2) is 4.98 Å². The first kappa shape index (κ1) is 15.4. The van der Waals surface area contributed by atoms with Crippen molar-refractivity contribution in [2.24, 2.45) is 5.10 Å².